The topological polar surface area (TPSA) is 43.7 Å². The van der Waals surface area contributed by atoms with Crippen LogP contribution in [0.5, 0.6) is 0 Å². The van der Waals surface area contributed by atoms with Gasteiger partial charge in [-0.05, 0) is 33.2 Å². The van der Waals surface area contributed by atoms with Crippen LogP contribution in [0.4, 0.5) is 0 Å². The molecule has 0 aromatic heterocycles. The van der Waals surface area contributed by atoms with Crippen LogP contribution in [0.3, 0.4) is 0 Å². The van der Waals surface area contributed by atoms with Gasteiger partial charge in [0.1, 0.15) is 0 Å². The SMILES string of the molecule is CCN(CC(C)(C)O)CC(O)(CC)CC. The quantitative estimate of drug-likeness (QED) is 0.681. The second kappa shape index (κ2) is 5.83. The average Bonchev–Trinajstić information content (AvgIpc) is 2.14. The third-order valence-corrected chi connectivity index (χ3v) is 2.89. The Morgan fingerprint density at radius 2 is 1.40 bits per heavy atom. The van der Waals surface area contributed by atoms with Gasteiger partial charge in [0.25, 0.3) is 0 Å². The molecule has 0 amide bonds. The fraction of sp³-hybridized carbons (Fsp3) is 1.00. The van der Waals surface area contributed by atoms with E-state index < -0.39 is 11.2 Å². The van der Waals surface area contributed by atoms with Gasteiger partial charge in [-0.1, -0.05) is 20.8 Å². The molecule has 92 valence electrons. The number of aliphatic hydroxyl groups is 2. The number of rotatable bonds is 7. The molecule has 0 unspecified atom stereocenters. The molecule has 2 N–H and O–H groups in total. The molecular formula is C12H27NO2. The van der Waals surface area contributed by atoms with Crippen LogP contribution < -0.4 is 0 Å². The van der Waals surface area contributed by atoms with E-state index in [0.29, 0.717) is 13.1 Å². The Bertz CT molecular complexity index is 171. The Morgan fingerprint density at radius 1 is 0.933 bits per heavy atom. The smallest absolute Gasteiger partial charge is 0.0768 e. The summed E-state index contributed by atoms with van der Waals surface area (Å²) in [5.41, 5.74) is -1.31. The van der Waals surface area contributed by atoms with Crippen LogP contribution in [0, 0.1) is 0 Å². The zero-order valence-electron chi connectivity index (χ0n) is 10.9. The summed E-state index contributed by atoms with van der Waals surface area (Å²) in [5.74, 6) is 0. The molecule has 0 aliphatic carbocycles. The highest BCUT2D eigenvalue weighted by atomic mass is 16.3. The van der Waals surface area contributed by atoms with E-state index in [9.17, 15) is 10.2 Å². The van der Waals surface area contributed by atoms with Gasteiger partial charge < -0.3 is 10.2 Å². The van der Waals surface area contributed by atoms with Gasteiger partial charge in [-0.15, -0.1) is 0 Å². The predicted molar refractivity (Wildman–Crippen MR) is 63.9 cm³/mol. The second-order valence-electron chi connectivity index (χ2n) is 5.05. The molecule has 0 bridgehead atoms. The summed E-state index contributed by atoms with van der Waals surface area (Å²) in [6.45, 7) is 11.7. The van der Waals surface area contributed by atoms with Crippen molar-refractivity contribution in [1.82, 2.24) is 4.90 Å². The maximum absolute atomic E-state index is 10.2. The van der Waals surface area contributed by atoms with Gasteiger partial charge in [-0.3, -0.25) is 4.90 Å². The van der Waals surface area contributed by atoms with Crippen LogP contribution in [0.15, 0.2) is 0 Å². The van der Waals surface area contributed by atoms with E-state index in [1.807, 2.05) is 13.8 Å². The summed E-state index contributed by atoms with van der Waals surface area (Å²) in [6, 6.07) is 0. The molecule has 0 aromatic rings. The van der Waals surface area contributed by atoms with E-state index in [4.69, 9.17) is 0 Å². The molecule has 0 fully saturated rings. The van der Waals surface area contributed by atoms with Crippen LogP contribution in [0.1, 0.15) is 47.5 Å². The molecule has 0 saturated heterocycles. The highest BCUT2D eigenvalue weighted by molar-refractivity contribution is 4.82. The lowest BCUT2D eigenvalue weighted by atomic mass is 9.96. The molecule has 0 atom stereocenters. The van der Waals surface area contributed by atoms with Crippen molar-refractivity contribution < 1.29 is 10.2 Å². The first-order chi connectivity index (χ1) is 6.76. The lowest BCUT2D eigenvalue weighted by Crippen LogP contribution is -2.47. The van der Waals surface area contributed by atoms with Crippen LogP contribution in [-0.4, -0.2) is 45.9 Å². The monoisotopic (exact) mass is 217 g/mol. The standard InChI is InChI=1S/C12H27NO2/c1-6-12(15,7-2)10-13(8-3)9-11(4,5)14/h14-15H,6-10H2,1-5H3. The van der Waals surface area contributed by atoms with E-state index in [2.05, 4.69) is 11.8 Å². The summed E-state index contributed by atoms with van der Waals surface area (Å²) in [5, 5.41) is 19.9. The fourth-order valence-electron chi connectivity index (χ4n) is 1.72. The Balaban J connectivity index is 4.32. The molecule has 3 nitrogen and oxygen atoms in total. The minimum absolute atomic E-state index is 0.603. The van der Waals surface area contributed by atoms with Gasteiger partial charge in [0, 0.05) is 13.1 Å². The van der Waals surface area contributed by atoms with Crippen LogP contribution in [0.2, 0.25) is 0 Å². The van der Waals surface area contributed by atoms with Gasteiger partial charge in [0.2, 0.25) is 0 Å². The largest absolute Gasteiger partial charge is 0.389 e. The van der Waals surface area contributed by atoms with Gasteiger partial charge in [0.15, 0.2) is 0 Å². The maximum atomic E-state index is 10.2. The lowest BCUT2D eigenvalue weighted by Gasteiger charge is -2.35. The summed E-state index contributed by atoms with van der Waals surface area (Å²) < 4.78 is 0. The molecule has 15 heavy (non-hydrogen) atoms. The first-order valence-electron chi connectivity index (χ1n) is 5.93. The van der Waals surface area contributed by atoms with E-state index in [-0.39, 0.29) is 0 Å². The van der Waals surface area contributed by atoms with Gasteiger partial charge in [0.05, 0.1) is 11.2 Å². The molecule has 0 aliphatic heterocycles. The lowest BCUT2D eigenvalue weighted by molar-refractivity contribution is -0.0282. The van der Waals surface area contributed by atoms with E-state index in [1.54, 1.807) is 13.8 Å². The second-order valence-corrected chi connectivity index (χ2v) is 5.05. The van der Waals surface area contributed by atoms with Gasteiger partial charge in [-0.2, -0.15) is 0 Å². The maximum Gasteiger partial charge on any atom is 0.0768 e. The summed E-state index contributed by atoms with van der Waals surface area (Å²) in [7, 11) is 0. The third kappa shape index (κ3) is 6.13. The summed E-state index contributed by atoms with van der Waals surface area (Å²) in [6.07, 6.45) is 1.51. The first kappa shape index (κ1) is 14.9. The van der Waals surface area contributed by atoms with Gasteiger partial charge in [-0.25, -0.2) is 0 Å². The molecule has 0 aromatic carbocycles. The summed E-state index contributed by atoms with van der Waals surface area (Å²) in [4.78, 5) is 2.10. The number of hydrogen-bond acceptors (Lipinski definition) is 3. The predicted octanol–water partition coefficient (Wildman–Crippen LogP) is 1.63. The van der Waals surface area contributed by atoms with Gasteiger partial charge >= 0.3 is 0 Å². The van der Waals surface area contributed by atoms with Crippen molar-refractivity contribution >= 4 is 0 Å². The number of likely N-dealkylation sites (N-methyl/N-ethyl adjacent to an activating group) is 1. The van der Waals surface area contributed by atoms with Crippen molar-refractivity contribution in [2.45, 2.75) is 58.7 Å². The van der Waals surface area contributed by atoms with Crippen molar-refractivity contribution in [2.24, 2.45) is 0 Å². The average molecular weight is 217 g/mol. The van der Waals surface area contributed by atoms with E-state index >= 15 is 0 Å². The van der Waals surface area contributed by atoms with Crippen molar-refractivity contribution in [3.05, 3.63) is 0 Å². The normalized spacial score (nSPS) is 13.6. The Kier molecular flexibility index (Phi) is 5.78. The Hall–Kier alpha value is -0.120. The fourth-order valence-corrected chi connectivity index (χ4v) is 1.72. The Labute approximate surface area is 94.1 Å². The molecular weight excluding hydrogens is 190 g/mol. The molecule has 0 saturated carbocycles. The summed E-state index contributed by atoms with van der Waals surface area (Å²) >= 11 is 0. The van der Waals surface area contributed by atoms with Crippen molar-refractivity contribution in [3.63, 3.8) is 0 Å². The van der Waals surface area contributed by atoms with Crippen molar-refractivity contribution in [2.75, 3.05) is 19.6 Å². The minimum Gasteiger partial charge on any atom is -0.389 e. The van der Waals surface area contributed by atoms with Crippen LogP contribution in [0.25, 0.3) is 0 Å². The Morgan fingerprint density at radius 3 is 1.67 bits per heavy atom. The zero-order chi connectivity index (χ0) is 12.1. The molecule has 0 heterocycles. The zero-order valence-corrected chi connectivity index (χ0v) is 10.9. The van der Waals surface area contributed by atoms with Crippen LogP contribution in [-0.2, 0) is 0 Å². The van der Waals surface area contributed by atoms with E-state index in [1.165, 1.54) is 0 Å². The van der Waals surface area contributed by atoms with Crippen molar-refractivity contribution in [3.8, 4) is 0 Å². The molecule has 0 spiro atoms. The van der Waals surface area contributed by atoms with Crippen molar-refractivity contribution in [1.29, 1.82) is 0 Å². The van der Waals surface area contributed by atoms with Crippen LogP contribution >= 0.6 is 0 Å². The number of hydrogen-bond donors (Lipinski definition) is 2. The third-order valence-electron chi connectivity index (χ3n) is 2.89. The molecule has 0 rings (SSSR count). The molecule has 3 heteroatoms. The number of nitrogens with zero attached hydrogens (tertiary/aromatic N) is 1. The molecule has 0 radical (unpaired) electrons. The first-order valence-corrected chi connectivity index (χ1v) is 5.93. The van der Waals surface area contributed by atoms with E-state index in [0.717, 1.165) is 19.4 Å². The highest BCUT2D eigenvalue weighted by Gasteiger charge is 2.27. The highest BCUT2D eigenvalue weighted by Crippen LogP contribution is 2.17. The molecule has 0 aliphatic rings. The minimum atomic E-state index is -0.696.